The van der Waals surface area contributed by atoms with Crippen LogP contribution in [0.1, 0.15) is 5.69 Å². The second kappa shape index (κ2) is 6.02. The van der Waals surface area contributed by atoms with E-state index in [1.807, 2.05) is 4.72 Å². The highest BCUT2D eigenvalue weighted by molar-refractivity contribution is 7.92. The number of benzene rings is 1. The first-order valence-corrected chi connectivity index (χ1v) is 8.38. The summed E-state index contributed by atoms with van der Waals surface area (Å²) in [5.74, 6) is -1.10. The maximum Gasteiger partial charge on any atom is 0.431 e. The molecule has 1 heterocycles. The quantitative estimate of drug-likeness (QED) is 0.806. The van der Waals surface area contributed by atoms with Crippen molar-refractivity contribution in [2.75, 3.05) is 11.0 Å². The molecule has 0 unspecified atom stereocenters. The molecule has 2 rings (SSSR count). The van der Waals surface area contributed by atoms with Gasteiger partial charge in [-0.05, 0) is 18.2 Å². The smallest absolute Gasteiger partial charge is 0.292 e. The van der Waals surface area contributed by atoms with E-state index < -0.39 is 44.6 Å². The summed E-state index contributed by atoms with van der Waals surface area (Å²) in [6, 6.07) is 2.77. The van der Waals surface area contributed by atoms with E-state index in [0.29, 0.717) is 0 Å². The van der Waals surface area contributed by atoms with E-state index in [9.17, 15) is 35.6 Å². The summed E-state index contributed by atoms with van der Waals surface area (Å²) in [5.41, 5.74) is -5.20. The molecule has 1 aromatic heterocycles. The molecule has 0 bridgehead atoms. The Morgan fingerprint density at radius 1 is 1.12 bits per heavy atom. The van der Waals surface area contributed by atoms with Crippen LogP contribution in [0.2, 0.25) is 0 Å². The number of sulfonamides is 1. The van der Waals surface area contributed by atoms with Gasteiger partial charge in [0.2, 0.25) is 10.0 Å². The van der Waals surface area contributed by atoms with Crippen molar-refractivity contribution in [1.82, 2.24) is 9.13 Å². The average Bonchev–Trinajstić information content (AvgIpc) is 2.43. The first-order valence-electron chi connectivity index (χ1n) is 6.49. The molecule has 1 N–H and O–H groups in total. The molecule has 12 heteroatoms. The molecule has 0 aliphatic heterocycles. The van der Waals surface area contributed by atoms with Crippen LogP contribution in [0, 0.1) is 5.82 Å². The lowest BCUT2D eigenvalue weighted by Gasteiger charge is -2.15. The van der Waals surface area contributed by atoms with Crippen LogP contribution in [-0.4, -0.2) is 23.8 Å². The van der Waals surface area contributed by atoms with Gasteiger partial charge in [-0.2, -0.15) is 13.2 Å². The average molecular weight is 381 g/mol. The van der Waals surface area contributed by atoms with Crippen LogP contribution < -0.4 is 16.0 Å². The molecule has 7 nitrogen and oxygen atoms in total. The third kappa shape index (κ3) is 3.90. The largest absolute Gasteiger partial charge is 0.431 e. The fourth-order valence-electron chi connectivity index (χ4n) is 2.08. The van der Waals surface area contributed by atoms with Crippen molar-refractivity contribution in [1.29, 1.82) is 0 Å². The predicted octanol–water partition coefficient (Wildman–Crippen LogP) is 1.07. The second-order valence-electron chi connectivity index (χ2n) is 5.08. The van der Waals surface area contributed by atoms with Crippen LogP contribution in [0.15, 0.2) is 33.9 Å². The van der Waals surface area contributed by atoms with E-state index in [4.69, 9.17) is 0 Å². The Bertz CT molecular complexity index is 1050. The van der Waals surface area contributed by atoms with E-state index in [-0.39, 0.29) is 20.9 Å². The van der Waals surface area contributed by atoms with Gasteiger partial charge in [0.25, 0.3) is 5.56 Å². The molecule has 1 aromatic carbocycles. The first kappa shape index (κ1) is 18.7. The fourth-order valence-corrected chi connectivity index (χ4v) is 2.64. The Labute approximate surface area is 138 Å². The van der Waals surface area contributed by atoms with Crippen LogP contribution >= 0.6 is 0 Å². The lowest BCUT2D eigenvalue weighted by atomic mass is 10.2. The summed E-state index contributed by atoms with van der Waals surface area (Å²) in [7, 11) is -2.96. The van der Waals surface area contributed by atoms with E-state index in [1.54, 1.807) is 0 Å². The van der Waals surface area contributed by atoms with Crippen LogP contribution in [-0.2, 0) is 23.2 Å². The van der Waals surface area contributed by atoms with Gasteiger partial charge in [-0.15, -0.1) is 0 Å². The van der Waals surface area contributed by atoms with Gasteiger partial charge in [0, 0.05) is 13.1 Å². The molecule has 0 aliphatic rings. The number of hydrogen-bond donors (Lipinski definition) is 1. The number of hydrogen-bond acceptors (Lipinski definition) is 4. The highest BCUT2D eigenvalue weighted by atomic mass is 32.2. The standard InChI is InChI=1S/C13H11F4N3O4S/c1-19-10(13(15,16)17)6-11(21)20(12(19)22)9-5-7(3-4-8(9)14)18-25(2,23)24/h3-6,18H,1-2H3. The summed E-state index contributed by atoms with van der Waals surface area (Å²) in [4.78, 5) is 24.1. The Balaban J connectivity index is 2.76. The molecular formula is C13H11F4N3O4S. The minimum atomic E-state index is -4.95. The summed E-state index contributed by atoms with van der Waals surface area (Å²) < 4.78 is 77.2. The van der Waals surface area contributed by atoms with Crippen molar-refractivity contribution in [3.8, 4) is 5.69 Å². The van der Waals surface area contributed by atoms with E-state index in [2.05, 4.69) is 0 Å². The highest BCUT2D eigenvalue weighted by Gasteiger charge is 2.35. The van der Waals surface area contributed by atoms with E-state index in [1.165, 1.54) is 0 Å². The van der Waals surface area contributed by atoms with Gasteiger partial charge < -0.3 is 0 Å². The molecule has 0 radical (unpaired) electrons. The van der Waals surface area contributed by atoms with E-state index >= 15 is 0 Å². The maximum atomic E-state index is 14.0. The van der Waals surface area contributed by atoms with Crippen molar-refractivity contribution >= 4 is 15.7 Å². The summed E-state index contributed by atoms with van der Waals surface area (Å²) in [6.07, 6.45) is -4.14. The predicted molar refractivity (Wildman–Crippen MR) is 80.7 cm³/mol. The molecule has 0 aliphatic carbocycles. The minimum Gasteiger partial charge on any atom is -0.292 e. The van der Waals surface area contributed by atoms with E-state index in [0.717, 1.165) is 31.5 Å². The lowest BCUT2D eigenvalue weighted by Crippen LogP contribution is -2.41. The Morgan fingerprint density at radius 2 is 1.72 bits per heavy atom. The third-order valence-electron chi connectivity index (χ3n) is 3.10. The van der Waals surface area contributed by atoms with Crippen molar-refractivity contribution in [3.63, 3.8) is 0 Å². The molecule has 136 valence electrons. The lowest BCUT2D eigenvalue weighted by molar-refractivity contribution is -0.144. The molecule has 25 heavy (non-hydrogen) atoms. The van der Waals surface area contributed by atoms with Gasteiger partial charge in [-0.3, -0.25) is 14.1 Å². The number of aromatic nitrogens is 2. The van der Waals surface area contributed by atoms with Crippen LogP contribution in [0.5, 0.6) is 0 Å². The van der Waals surface area contributed by atoms with Crippen molar-refractivity contribution in [2.24, 2.45) is 7.05 Å². The zero-order valence-corrected chi connectivity index (χ0v) is 13.6. The Kier molecular flexibility index (Phi) is 4.51. The SMILES string of the molecule is Cn1c(C(F)(F)F)cc(=O)n(-c2cc(NS(C)(=O)=O)ccc2F)c1=O. The third-order valence-corrected chi connectivity index (χ3v) is 3.71. The topological polar surface area (TPSA) is 90.2 Å². The molecule has 0 spiro atoms. The number of nitrogens with zero attached hydrogens (tertiary/aromatic N) is 2. The van der Waals surface area contributed by atoms with Crippen LogP contribution in [0.4, 0.5) is 23.2 Å². The fraction of sp³-hybridized carbons (Fsp3) is 0.231. The molecule has 0 saturated carbocycles. The molecule has 0 amide bonds. The van der Waals surface area contributed by atoms with Crippen molar-refractivity contribution in [3.05, 3.63) is 56.6 Å². The van der Waals surface area contributed by atoms with Gasteiger partial charge in [0.15, 0.2) is 0 Å². The number of alkyl halides is 3. The molecule has 0 saturated heterocycles. The Hall–Kier alpha value is -2.63. The first-order chi connectivity index (χ1) is 11.3. The Morgan fingerprint density at radius 3 is 2.24 bits per heavy atom. The molecule has 2 aromatic rings. The van der Waals surface area contributed by atoms with Gasteiger partial charge in [-0.25, -0.2) is 22.2 Å². The normalized spacial score (nSPS) is 12.2. The van der Waals surface area contributed by atoms with Crippen molar-refractivity contribution < 1.29 is 26.0 Å². The van der Waals surface area contributed by atoms with Gasteiger partial charge in [0.1, 0.15) is 11.5 Å². The van der Waals surface area contributed by atoms with Gasteiger partial charge in [0.05, 0.1) is 17.6 Å². The zero-order valence-electron chi connectivity index (χ0n) is 12.8. The molecule has 0 atom stereocenters. The van der Waals surface area contributed by atoms with Gasteiger partial charge in [-0.1, -0.05) is 0 Å². The number of halogens is 4. The van der Waals surface area contributed by atoms with Gasteiger partial charge >= 0.3 is 11.9 Å². The zero-order chi connectivity index (χ0) is 19.2. The van der Waals surface area contributed by atoms with Crippen molar-refractivity contribution in [2.45, 2.75) is 6.18 Å². The monoisotopic (exact) mass is 381 g/mol. The molecular weight excluding hydrogens is 370 g/mol. The number of anilines is 1. The summed E-state index contributed by atoms with van der Waals surface area (Å²) >= 11 is 0. The van der Waals surface area contributed by atoms with Crippen LogP contribution in [0.3, 0.4) is 0 Å². The highest BCUT2D eigenvalue weighted by Crippen LogP contribution is 2.27. The maximum absolute atomic E-state index is 14.0. The summed E-state index contributed by atoms with van der Waals surface area (Å²) in [5, 5.41) is 0. The molecule has 0 fully saturated rings. The number of rotatable bonds is 3. The minimum absolute atomic E-state index is 0.150. The van der Waals surface area contributed by atoms with Crippen LogP contribution in [0.25, 0.3) is 5.69 Å². The number of nitrogens with one attached hydrogen (secondary N) is 1. The second-order valence-corrected chi connectivity index (χ2v) is 6.83. The summed E-state index contributed by atoms with van der Waals surface area (Å²) in [6.45, 7) is 0.